The molecule has 0 radical (unpaired) electrons. The Morgan fingerprint density at radius 3 is 1.74 bits per heavy atom. The Morgan fingerprint density at radius 1 is 0.870 bits per heavy atom. The van der Waals surface area contributed by atoms with Gasteiger partial charge >= 0.3 is 33.3 Å². The normalized spacial score (nSPS) is 16.9. The van der Waals surface area contributed by atoms with E-state index >= 15 is 0 Å². The fourth-order valence-corrected chi connectivity index (χ4v) is 2.03. The average Bonchev–Trinajstić information content (AvgIpc) is 2.56. The second-order valence-electron chi connectivity index (χ2n) is 4.90. The minimum absolute atomic E-state index is 0.00694. The first-order valence-corrected chi connectivity index (χ1v) is 10.7. The number of rotatable bonds is 0. The van der Waals surface area contributed by atoms with Gasteiger partial charge in [0.1, 0.15) is 0 Å². The maximum atomic E-state index is 4.80. The first-order chi connectivity index (χ1) is 11.2. The summed E-state index contributed by atoms with van der Waals surface area (Å²) in [7, 11) is 9.59. The van der Waals surface area contributed by atoms with E-state index in [0.29, 0.717) is 0 Å². The van der Waals surface area contributed by atoms with E-state index in [9.17, 15) is 0 Å². The molecular weight excluding hydrogens is 376 g/mol. The third-order valence-corrected chi connectivity index (χ3v) is 3.24. The molecule has 5 nitrogen and oxygen atoms in total. The first kappa shape index (κ1) is 20.6. The molecule has 0 aliphatic carbocycles. The van der Waals surface area contributed by atoms with Crippen molar-refractivity contribution in [3.05, 3.63) is 29.6 Å². The van der Waals surface area contributed by atoms with E-state index in [-0.39, 0.29) is 13.1 Å². The van der Waals surface area contributed by atoms with E-state index in [2.05, 4.69) is 25.6 Å². The van der Waals surface area contributed by atoms with Gasteiger partial charge in [-0.2, -0.15) is 0 Å². The topological polar surface area (TPSA) is 61.7 Å². The Bertz CT molecular complexity index is 481. The molecule has 2 N–H and O–H groups in total. The summed E-state index contributed by atoms with van der Waals surface area (Å²) >= 11 is 0.00694. The number of nitrogens with one attached hydrogen (secondary N) is 2. The molecule has 1 aliphatic rings. The van der Waals surface area contributed by atoms with E-state index in [4.69, 9.17) is 20.2 Å². The number of aliphatic imine (C=N–C) groups is 2. The number of fused-ring (bicyclic) bond motifs is 2. The SMILES string of the molecule is CC1=NCCNCCNCCN=C(C)c2cccc1n2.[Cl][Mn][Cl]. The molecule has 23 heavy (non-hydrogen) atoms. The number of halogens is 2. The summed E-state index contributed by atoms with van der Waals surface area (Å²) in [4.78, 5) is 13.8. The van der Waals surface area contributed by atoms with Crippen LogP contribution in [0.15, 0.2) is 28.2 Å². The van der Waals surface area contributed by atoms with Gasteiger partial charge in [0.2, 0.25) is 0 Å². The predicted molar refractivity (Wildman–Crippen MR) is 95.8 cm³/mol. The van der Waals surface area contributed by atoms with Gasteiger partial charge in [-0.15, -0.1) is 0 Å². The van der Waals surface area contributed by atoms with Crippen LogP contribution >= 0.6 is 20.2 Å². The van der Waals surface area contributed by atoms with Gasteiger partial charge in [0.05, 0.1) is 35.9 Å². The number of hydrogen-bond acceptors (Lipinski definition) is 5. The van der Waals surface area contributed by atoms with Crippen molar-refractivity contribution in [2.75, 3.05) is 39.3 Å². The number of hydrogen-bond donors (Lipinski definition) is 2. The van der Waals surface area contributed by atoms with Gasteiger partial charge in [-0.1, -0.05) is 6.07 Å². The molecule has 8 heteroatoms. The van der Waals surface area contributed by atoms with Crippen LogP contribution in [0.1, 0.15) is 25.2 Å². The second-order valence-corrected chi connectivity index (χ2v) is 6.85. The zero-order valence-corrected chi connectivity index (χ0v) is 16.1. The van der Waals surface area contributed by atoms with Crippen molar-refractivity contribution in [3.63, 3.8) is 0 Å². The Balaban J connectivity index is 0.000000816. The summed E-state index contributed by atoms with van der Waals surface area (Å²) < 4.78 is 0. The Hall–Kier alpha value is -0.491. The van der Waals surface area contributed by atoms with Crippen LogP contribution < -0.4 is 10.6 Å². The number of nitrogens with zero attached hydrogens (tertiary/aromatic N) is 3. The summed E-state index contributed by atoms with van der Waals surface area (Å²) in [6.45, 7) is 9.31. The predicted octanol–water partition coefficient (Wildman–Crippen LogP) is 2.27. The van der Waals surface area contributed by atoms with Gasteiger partial charge < -0.3 is 10.6 Å². The molecule has 0 aromatic carbocycles. The van der Waals surface area contributed by atoms with Crippen LogP contribution in [-0.4, -0.2) is 55.7 Å². The summed E-state index contributed by atoms with van der Waals surface area (Å²) in [5, 5.41) is 6.73. The van der Waals surface area contributed by atoms with E-state index in [0.717, 1.165) is 62.1 Å². The molecule has 2 heterocycles. The van der Waals surface area contributed by atoms with Crippen molar-refractivity contribution < 1.29 is 13.1 Å². The van der Waals surface area contributed by atoms with Crippen molar-refractivity contribution in [3.8, 4) is 0 Å². The standard InChI is InChI=1S/C15H23N5.2ClH.Mn/c1-12-14-4-3-5-15(20-14)13(2)19-11-9-17-7-6-16-8-10-18-12;;;/h3-5,16-17H,6-11H2,1-2H3;2*1H;/q;;;+2/p-2. The van der Waals surface area contributed by atoms with E-state index in [1.807, 2.05) is 32.0 Å². The van der Waals surface area contributed by atoms with E-state index in [1.54, 1.807) is 0 Å². The van der Waals surface area contributed by atoms with Gasteiger partial charge in [-0.3, -0.25) is 9.98 Å². The summed E-state index contributed by atoms with van der Waals surface area (Å²) in [6, 6.07) is 6.02. The molecule has 2 bridgehead atoms. The van der Waals surface area contributed by atoms with Crippen LogP contribution in [0.3, 0.4) is 0 Å². The molecule has 0 unspecified atom stereocenters. The molecule has 0 saturated heterocycles. The second kappa shape index (κ2) is 12.9. The Morgan fingerprint density at radius 2 is 1.30 bits per heavy atom. The van der Waals surface area contributed by atoms with Crippen LogP contribution in [0, 0.1) is 0 Å². The summed E-state index contributed by atoms with van der Waals surface area (Å²) in [6.07, 6.45) is 0. The molecule has 1 aromatic rings. The summed E-state index contributed by atoms with van der Waals surface area (Å²) in [5.74, 6) is 0. The molecule has 1 aliphatic heterocycles. The van der Waals surface area contributed by atoms with E-state index in [1.165, 1.54) is 0 Å². The molecule has 2 rings (SSSR count). The van der Waals surface area contributed by atoms with Crippen molar-refractivity contribution in [2.45, 2.75) is 13.8 Å². The van der Waals surface area contributed by atoms with Crippen LogP contribution in [0.5, 0.6) is 0 Å². The third kappa shape index (κ3) is 8.80. The Labute approximate surface area is 153 Å². The van der Waals surface area contributed by atoms with Gasteiger partial charge in [0.25, 0.3) is 0 Å². The zero-order chi connectivity index (χ0) is 16.9. The fraction of sp³-hybridized carbons (Fsp3) is 0.533. The van der Waals surface area contributed by atoms with Crippen LogP contribution in [0.25, 0.3) is 0 Å². The molecular formula is C15H23Cl2MnN5. The summed E-state index contributed by atoms with van der Waals surface area (Å²) in [5.41, 5.74) is 3.83. The van der Waals surface area contributed by atoms with Crippen molar-refractivity contribution in [1.29, 1.82) is 0 Å². The number of pyridine rings is 1. The first-order valence-electron chi connectivity index (χ1n) is 7.47. The molecule has 0 spiro atoms. The average molecular weight is 399 g/mol. The molecule has 0 atom stereocenters. The zero-order valence-electron chi connectivity index (χ0n) is 13.5. The van der Waals surface area contributed by atoms with Crippen LogP contribution in [0.2, 0.25) is 0 Å². The van der Waals surface area contributed by atoms with Crippen LogP contribution in [-0.2, 0) is 13.1 Å². The minimum atomic E-state index is 0.00694. The van der Waals surface area contributed by atoms with Crippen LogP contribution in [0.4, 0.5) is 0 Å². The molecule has 0 saturated carbocycles. The van der Waals surface area contributed by atoms with Gasteiger partial charge in [-0.05, 0) is 26.0 Å². The van der Waals surface area contributed by atoms with Gasteiger partial charge in [-0.25, -0.2) is 4.98 Å². The maximum absolute atomic E-state index is 4.80. The van der Waals surface area contributed by atoms with Gasteiger partial charge in [0.15, 0.2) is 0 Å². The molecule has 0 fully saturated rings. The van der Waals surface area contributed by atoms with E-state index < -0.39 is 0 Å². The third-order valence-electron chi connectivity index (χ3n) is 3.24. The fourth-order valence-electron chi connectivity index (χ4n) is 2.03. The quantitative estimate of drug-likeness (QED) is 0.659. The van der Waals surface area contributed by atoms with Crippen molar-refractivity contribution in [2.24, 2.45) is 9.98 Å². The molecule has 129 valence electrons. The molecule has 1 aromatic heterocycles. The Kier molecular flexibility index (Phi) is 11.5. The number of aromatic nitrogens is 1. The van der Waals surface area contributed by atoms with Crippen molar-refractivity contribution in [1.82, 2.24) is 15.6 Å². The molecule has 0 amide bonds. The monoisotopic (exact) mass is 398 g/mol. The van der Waals surface area contributed by atoms with Crippen molar-refractivity contribution >= 4 is 31.6 Å². The van der Waals surface area contributed by atoms with Gasteiger partial charge in [0, 0.05) is 26.2 Å².